The maximum atomic E-state index is 5.90. The summed E-state index contributed by atoms with van der Waals surface area (Å²) in [5.74, 6) is 0.787. The highest BCUT2D eigenvalue weighted by Crippen LogP contribution is 2.26. The highest BCUT2D eigenvalue weighted by atomic mass is 35.5. The van der Waals surface area contributed by atoms with Gasteiger partial charge in [0.05, 0.1) is 11.6 Å². The smallest absolute Gasteiger partial charge is 0.225 e. The molecule has 0 aliphatic heterocycles. The van der Waals surface area contributed by atoms with Gasteiger partial charge >= 0.3 is 0 Å². The Morgan fingerprint density at radius 2 is 2.32 bits per heavy atom. The zero-order valence-electron chi connectivity index (χ0n) is 9.95. The zero-order valence-corrected chi connectivity index (χ0v) is 11.5. The standard InChI is InChI=1S/C11H11ClN6S/c12-11-15-9(8-2-7-19-10(8)16-11)13-3-1-5-18-6-4-14-17-18/h2,4,6-7H,1,3,5H2,(H,13,15,16). The number of rotatable bonds is 5. The molecule has 0 unspecified atom stereocenters. The first-order valence-electron chi connectivity index (χ1n) is 5.81. The van der Waals surface area contributed by atoms with E-state index in [1.165, 1.54) is 0 Å². The molecule has 0 aromatic carbocycles. The predicted molar refractivity (Wildman–Crippen MR) is 75.6 cm³/mol. The Kier molecular flexibility index (Phi) is 3.56. The van der Waals surface area contributed by atoms with E-state index in [2.05, 4.69) is 25.6 Å². The Balaban J connectivity index is 1.63. The lowest BCUT2D eigenvalue weighted by Crippen LogP contribution is -2.08. The van der Waals surface area contributed by atoms with Crippen LogP contribution in [0.5, 0.6) is 0 Å². The average Bonchev–Trinajstić information content (AvgIpc) is 3.04. The van der Waals surface area contributed by atoms with Gasteiger partial charge in [-0.3, -0.25) is 4.68 Å². The number of nitrogens with one attached hydrogen (secondary N) is 1. The van der Waals surface area contributed by atoms with Crippen molar-refractivity contribution in [3.05, 3.63) is 29.1 Å². The quantitative estimate of drug-likeness (QED) is 0.578. The Bertz CT molecular complexity index is 665. The lowest BCUT2D eigenvalue weighted by molar-refractivity contribution is 0.569. The molecule has 0 aliphatic carbocycles. The van der Waals surface area contributed by atoms with Crippen molar-refractivity contribution < 1.29 is 0 Å². The Hall–Kier alpha value is -1.73. The Morgan fingerprint density at radius 3 is 3.16 bits per heavy atom. The minimum Gasteiger partial charge on any atom is -0.369 e. The molecule has 6 nitrogen and oxygen atoms in total. The van der Waals surface area contributed by atoms with Gasteiger partial charge in [0.2, 0.25) is 5.28 Å². The molecule has 3 rings (SSSR count). The van der Waals surface area contributed by atoms with Crippen molar-refractivity contribution in [2.75, 3.05) is 11.9 Å². The van der Waals surface area contributed by atoms with Crippen molar-refractivity contribution in [3.8, 4) is 0 Å². The first-order chi connectivity index (χ1) is 9.33. The van der Waals surface area contributed by atoms with Crippen LogP contribution in [-0.2, 0) is 6.54 Å². The van der Waals surface area contributed by atoms with Gasteiger partial charge in [0.15, 0.2) is 0 Å². The van der Waals surface area contributed by atoms with E-state index in [9.17, 15) is 0 Å². The summed E-state index contributed by atoms with van der Waals surface area (Å²) in [6, 6.07) is 2.00. The van der Waals surface area contributed by atoms with Crippen LogP contribution in [-0.4, -0.2) is 31.5 Å². The summed E-state index contributed by atoms with van der Waals surface area (Å²) >= 11 is 7.45. The first kappa shape index (κ1) is 12.3. The highest BCUT2D eigenvalue weighted by Gasteiger charge is 2.07. The zero-order chi connectivity index (χ0) is 13.1. The van der Waals surface area contributed by atoms with Crippen molar-refractivity contribution in [3.63, 3.8) is 0 Å². The SMILES string of the molecule is Clc1nc(NCCCn2ccnn2)c2ccsc2n1. The van der Waals surface area contributed by atoms with Crippen LogP contribution in [0.2, 0.25) is 5.28 Å². The number of halogens is 1. The number of thiophene rings is 1. The normalized spacial score (nSPS) is 11.0. The van der Waals surface area contributed by atoms with Gasteiger partial charge in [-0.25, -0.2) is 9.97 Å². The minimum absolute atomic E-state index is 0.272. The van der Waals surface area contributed by atoms with Crippen LogP contribution in [0.4, 0.5) is 5.82 Å². The second kappa shape index (κ2) is 5.50. The van der Waals surface area contributed by atoms with E-state index in [0.717, 1.165) is 35.5 Å². The molecule has 19 heavy (non-hydrogen) atoms. The van der Waals surface area contributed by atoms with Crippen molar-refractivity contribution in [2.24, 2.45) is 0 Å². The summed E-state index contributed by atoms with van der Waals surface area (Å²) in [6.07, 6.45) is 4.45. The molecule has 0 saturated carbocycles. The van der Waals surface area contributed by atoms with Crippen LogP contribution >= 0.6 is 22.9 Å². The van der Waals surface area contributed by atoms with Crippen molar-refractivity contribution in [1.29, 1.82) is 0 Å². The summed E-state index contributed by atoms with van der Waals surface area (Å²) in [5, 5.41) is 14.2. The third kappa shape index (κ3) is 2.82. The lowest BCUT2D eigenvalue weighted by atomic mass is 10.3. The molecule has 0 radical (unpaired) electrons. The molecule has 0 aliphatic rings. The van der Waals surface area contributed by atoms with Gasteiger partial charge < -0.3 is 5.32 Å². The fourth-order valence-corrected chi connectivity index (χ4v) is 2.75. The molecule has 8 heteroatoms. The molecule has 3 heterocycles. The van der Waals surface area contributed by atoms with Crippen molar-refractivity contribution in [1.82, 2.24) is 25.0 Å². The molecule has 1 N–H and O–H groups in total. The summed E-state index contributed by atoms with van der Waals surface area (Å²) < 4.78 is 1.80. The number of hydrogen-bond donors (Lipinski definition) is 1. The summed E-state index contributed by atoms with van der Waals surface area (Å²) in [5.41, 5.74) is 0. The number of aryl methyl sites for hydroxylation is 1. The van der Waals surface area contributed by atoms with Gasteiger partial charge in [0, 0.05) is 19.3 Å². The molecule has 0 bridgehead atoms. The van der Waals surface area contributed by atoms with Gasteiger partial charge in [-0.1, -0.05) is 5.21 Å². The van der Waals surface area contributed by atoms with E-state index in [0.29, 0.717) is 0 Å². The van der Waals surface area contributed by atoms with Crippen molar-refractivity contribution >= 4 is 39.0 Å². The largest absolute Gasteiger partial charge is 0.369 e. The first-order valence-corrected chi connectivity index (χ1v) is 7.07. The van der Waals surface area contributed by atoms with Crippen LogP contribution in [0.15, 0.2) is 23.8 Å². The van der Waals surface area contributed by atoms with E-state index in [-0.39, 0.29) is 5.28 Å². The minimum atomic E-state index is 0.272. The fraction of sp³-hybridized carbons (Fsp3) is 0.273. The molecule has 0 saturated heterocycles. The molecule has 3 aromatic heterocycles. The van der Waals surface area contributed by atoms with Crippen LogP contribution in [0, 0.1) is 0 Å². The second-order valence-corrected chi connectivity index (χ2v) is 5.16. The van der Waals surface area contributed by atoms with Gasteiger partial charge in [0.25, 0.3) is 0 Å². The maximum absolute atomic E-state index is 5.90. The summed E-state index contributed by atoms with van der Waals surface area (Å²) in [4.78, 5) is 9.30. The van der Waals surface area contributed by atoms with Crippen LogP contribution in [0.3, 0.4) is 0 Å². The second-order valence-electron chi connectivity index (χ2n) is 3.93. The molecular weight excluding hydrogens is 284 g/mol. The van der Waals surface area contributed by atoms with E-state index < -0.39 is 0 Å². The van der Waals surface area contributed by atoms with Gasteiger partial charge in [-0.2, -0.15) is 0 Å². The Labute approximate surface area is 118 Å². The number of hydrogen-bond acceptors (Lipinski definition) is 6. The van der Waals surface area contributed by atoms with E-state index in [4.69, 9.17) is 11.6 Å². The molecule has 0 spiro atoms. The molecular formula is C11H11ClN6S. The van der Waals surface area contributed by atoms with Crippen LogP contribution in [0.1, 0.15) is 6.42 Å². The van der Waals surface area contributed by atoms with Crippen LogP contribution < -0.4 is 5.32 Å². The molecule has 0 atom stereocenters. The highest BCUT2D eigenvalue weighted by molar-refractivity contribution is 7.16. The summed E-state index contributed by atoms with van der Waals surface area (Å²) in [7, 11) is 0. The number of nitrogens with zero attached hydrogens (tertiary/aromatic N) is 5. The summed E-state index contributed by atoms with van der Waals surface area (Å²) in [6.45, 7) is 1.61. The monoisotopic (exact) mass is 294 g/mol. The maximum Gasteiger partial charge on any atom is 0.225 e. The topological polar surface area (TPSA) is 68.5 Å². The third-order valence-corrected chi connectivity index (χ3v) is 3.60. The molecule has 98 valence electrons. The van der Waals surface area contributed by atoms with E-state index in [1.807, 2.05) is 17.6 Å². The number of fused-ring (bicyclic) bond motifs is 1. The molecule has 0 fully saturated rings. The predicted octanol–water partition coefficient (Wildman–Crippen LogP) is 2.44. The van der Waals surface area contributed by atoms with Gasteiger partial charge in [0.1, 0.15) is 10.6 Å². The number of anilines is 1. The third-order valence-electron chi connectivity index (χ3n) is 2.63. The van der Waals surface area contributed by atoms with E-state index >= 15 is 0 Å². The fourth-order valence-electron chi connectivity index (χ4n) is 1.76. The van der Waals surface area contributed by atoms with Gasteiger partial charge in [-0.05, 0) is 29.5 Å². The molecule has 0 amide bonds. The van der Waals surface area contributed by atoms with Crippen molar-refractivity contribution in [2.45, 2.75) is 13.0 Å². The van der Waals surface area contributed by atoms with E-state index in [1.54, 1.807) is 22.2 Å². The Morgan fingerprint density at radius 1 is 1.37 bits per heavy atom. The molecule has 3 aromatic rings. The lowest BCUT2D eigenvalue weighted by Gasteiger charge is -2.06. The van der Waals surface area contributed by atoms with Crippen LogP contribution in [0.25, 0.3) is 10.2 Å². The van der Waals surface area contributed by atoms with Gasteiger partial charge in [-0.15, -0.1) is 16.4 Å². The average molecular weight is 295 g/mol. The number of aromatic nitrogens is 5.